The maximum Gasteiger partial charge on any atom is 0.237 e. The molecule has 0 spiro atoms. The lowest BCUT2D eigenvalue weighted by Gasteiger charge is -2.01. The third-order valence-corrected chi connectivity index (χ3v) is 2.23. The SMILES string of the molecule is C=C(/C=C\C(=C)S(N)(=O)=O)CNNC. The second-order valence-corrected chi connectivity index (χ2v) is 4.22. The molecule has 0 aromatic rings. The second-order valence-electron chi connectivity index (χ2n) is 2.61. The molecule has 0 unspecified atom stereocenters. The highest BCUT2D eigenvalue weighted by Gasteiger charge is 2.03. The summed E-state index contributed by atoms with van der Waals surface area (Å²) in [7, 11) is -1.95. The van der Waals surface area contributed by atoms with Crippen LogP contribution in [0.15, 0.2) is 35.8 Å². The van der Waals surface area contributed by atoms with Crippen molar-refractivity contribution < 1.29 is 8.42 Å². The first-order valence-electron chi connectivity index (χ1n) is 3.85. The lowest BCUT2D eigenvalue weighted by atomic mass is 10.3. The van der Waals surface area contributed by atoms with E-state index in [2.05, 4.69) is 24.0 Å². The highest BCUT2D eigenvalue weighted by atomic mass is 32.2. The number of nitrogens with one attached hydrogen (secondary N) is 2. The van der Waals surface area contributed by atoms with Crippen molar-refractivity contribution in [2.24, 2.45) is 5.14 Å². The minimum atomic E-state index is -3.68. The summed E-state index contributed by atoms with van der Waals surface area (Å²) in [5, 5.41) is 4.83. The Morgan fingerprint density at radius 2 is 2.00 bits per heavy atom. The van der Waals surface area contributed by atoms with Gasteiger partial charge in [0, 0.05) is 6.54 Å². The van der Waals surface area contributed by atoms with Crippen LogP contribution in [0.2, 0.25) is 0 Å². The molecule has 0 aromatic heterocycles. The van der Waals surface area contributed by atoms with E-state index in [4.69, 9.17) is 5.14 Å². The molecule has 0 saturated heterocycles. The number of primary sulfonamides is 1. The van der Waals surface area contributed by atoms with Crippen molar-refractivity contribution >= 4 is 10.0 Å². The molecule has 6 heteroatoms. The molecule has 4 N–H and O–H groups in total. The topological polar surface area (TPSA) is 84.2 Å². The van der Waals surface area contributed by atoms with Gasteiger partial charge in [-0.2, -0.15) is 0 Å². The van der Waals surface area contributed by atoms with E-state index in [0.29, 0.717) is 12.1 Å². The fourth-order valence-electron chi connectivity index (χ4n) is 0.566. The van der Waals surface area contributed by atoms with Crippen molar-refractivity contribution in [1.82, 2.24) is 10.9 Å². The Morgan fingerprint density at radius 3 is 2.43 bits per heavy atom. The fraction of sp³-hybridized carbons (Fsp3) is 0.250. The van der Waals surface area contributed by atoms with Gasteiger partial charge >= 0.3 is 0 Å². The molecule has 0 bridgehead atoms. The zero-order valence-electron chi connectivity index (χ0n) is 8.08. The standard InChI is InChI=1S/C8H15N3O2S/c1-7(6-11-10-3)4-5-8(2)14(9,12)13/h4-5,10-11H,1-2,6H2,3H3,(H2,9,12,13)/b5-4-. The molecule has 0 amide bonds. The molecule has 0 aliphatic rings. The van der Waals surface area contributed by atoms with E-state index in [1.165, 1.54) is 12.2 Å². The molecule has 0 fully saturated rings. The zero-order valence-corrected chi connectivity index (χ0v) is 8.89. The van der Waals surface area contributed by atoms with Crippen LogP contribution in [-0.2, 0) is 10.0 Å². The number of nitrogens with two attached hydrogens (primary N) is 1. The fourth-order valence-corrected chi connectivity index (χ4v) is 0.824. The van der Waals surface area contributed by atoms with Crippen LogP contribution < -0.4 is 16.0 Å². The van der Waals surface area contributed by atoms with Gasteiger partial charge in [0.1, 0.15) is 0 Å². The van der Waals surface area contributed by atoms with Crippen LogP contribution in [-0.4, -0.2) is 22.0 Å². The molecule has 5 nitrogen and oxygen atoms in total. The first-order valence-corrected chi connectivity index (χ1v) is 5.39. The molecular weight excluding hydrogens is 202 g/mol. The Bertz CT molecular complexity index is 344. The van der Waals surface area contributed by atoms with Crippen LogP contribution in [0, 0.1) is 0 Å². The summed E-state index contributed by atoms with van der Waals surface area (Å²) in [5.41, 5.74) is 6.22. The Morgan fingerprint density at radius 1 is 1.43 bits per heavy atom. The molecule has 80 valence electrons. The van der Waals surface area contributed by atoms with Crippen LogP contribution >= 0.6 is 0 Å². The molecule has 14 heavy (non-hydrogen) atoms. The number of hydrogen-bond acceptors (Lipinski definition) is 4. The highest BCUT2D eigenvalue weighted by molar-refractivity contribution is 7.93. The van der Waals surface area contributed by atoms with Gasteiger partial charge in [-0.05, 0) is 18.7 Å². The molecule has 0 heterocycles. The monoisotopic (exact) mass is 217 g/mol. The molecule has 0 rings (SSSR count). The third-order valence-electron chi connectivity index (χ3n) is 1.36. The summed E-state index contributed by atoms with van der Waals surface area (Å²) >= 11 is 0. The number of hydrazine groups is 1. The van der Waals surface area contributed by atoms with Gasteiger partial charge < -0.3 is 0 Å². The predicted molar refractivity (Wildman–Crippen MR) is 57.6 cm³/mol. The van der Waals surface area contributed by atoms with Crippen molar-refractivity contribution in [3.05, 3.63) is 35.8 Å². The number of hydrogen-bond donors (Lipinski definition) is 3. The summed E-state index contributed by atoms with van der Waals surface area (Å²) in [4.78, 5) is -0.136. The van der Waals surface area contributed by atoms with Crippen molar-refractivity contribution in [3.8, 4) is 0 Å². The summed E-state index contributed by atoms with van der Waals surface area (Å²) in [6.07, 6.45) is 2.85. The number of sulfonamides is 1. The molecule has 0 saturated carbocycles. The smallest absolute Gasteiger partial charge is 0.237 e. The van der Waals surface area contributed by atoms with Crippen LogP contribution in [0.1, 0.15) is 0 Å². The maximum atomic E-state index is 10.7. The quantitative estimate of drug-likeness (QED) is 0.418. The molecule has 0 aromatic carbocycles. The molecule has 0 radical (unpaired) electrons. The number of rotatable bonds is 6. The Balaban J connectivity index is 4.19. The van der Waals surface area contributed by atoms with E-state index in [-0.39, 0.29) is 4.91 Å². The second kappa shape index (κ2) is 5.71. The Labute approximate surface area is 84.4 Å². The molecule has 0 aliphatic carbocycles. The van der Waals surface area contributed by atoms with Crippen LogP contribution in [0.25, 0.3) is 0 Å². The van der Waals surface area contributed by atoms with Crippen molar-refractivity contribution in [2.75, 3.05) is 13.6 Å². The minimum Gasteiger partial charge on any atom is -0.261 e. The van der Waals surface area contributed by atoms with E-state index in [0.717, 1.165) is 0 Å². The van der Waals surface area contributed by atoms with Gasteiger partial charge in [0.05, 0.1) is 4.91 Å². The molecule has 0 atom stereocenters. The van der Waals surface area contributed by atoms with E-state index in [9.17, 15) is 8.42 Å². The van der Waals surface area contributed by atoms with E-state index in [1.807, 2.05) is 0 Å². The lowest BCUT2D eigenvalue weighted by molar-refractivity contribution is 0.604. The summed E-state index contributed by atoms with van der Waals surface area (Å²) < 4.78 is 21.5. The average Bonchev–Trinajstić information content (AvgIpc) is 2.09. The van der Waals surface area contributed by atoms with Crippen LogP contribution in [0.4, 0.5) is 0 Å². The third kappa shape index (κ3) is 5.65. The van der Waals surface area contributed by atoms with Gasteiger partial charge in [-0.25, -0.2) is 13.6 Å². The van der Waals surface area contributed by atoms with Gasteiger partial charge in [-0.15, -0.1) is 0 Å². The van der Waals surface area contributed by atoms with Gasteiger partial charge in [0.15, 0.2) is 0 Å². The first-order chi connectivity index (χ1) is 6.38. The summed E-state index contributed by atoms with van der Waals surface area (Å²) in [6, 6.07) is 0. The van der Waals surface area contributed by atoms with Crippen molar-refractivity contribution in [1.29, 1.82) is 0 Å². The van der Waals surface area contributed by atoms with Gasteiger partial charge in [0.2, 0.25) is 10.0 Å². The van der Waals surface area contributed by atoms with E-state index in [1.54, 1.807) is 7.05 Å². The van der Waals surface area contributed by atoms with Gasteiger partial charge in [-0.1, -0.05) is 19.2 Å². The van der Waals surface area contributed by atoms with Gasteiger partial charge in [0.25, 0.3) is 0 Å². The van der Waals surface area contributed by atoms with E-state index < -0.39 is 10.0 Å². The largest absolute Gasteiger partial charge is 0.261 e. The Hall–Kier alpha value is -0.950. The van der Waals surface area contributed by atoms with Crippen LogP contribution in [0.5, 0.6) is 0 Å². The van der Waals surface area contributed by atoms with Crippen LogP contribution in [0.3, 0.4) is 0 Å². The van der Waals surface area contributed by atoms with Crippen molar-refractivity contribution in [3.63, 3.8) is 0 Å². The lowest BCUT2D eigenvalue weighted by Crippen LogP contribution is -2.28. The summed E-state index contributed by atoms with van der Waals surface area (Å²) in [6.45, 7) is 7.49. The number of allylic oxidation sites excluding steroid dienone is 1. The minimum absolute atomic E-state index is 0.136. The molecular formula is C8H15N3O2S. The highest BCUT2D eigenvalue weighted by Crippen LogP contribution is 2.01. The average molecular weight is 217 g/mol. The Kier molecular flexibility index (Phi) is 5.32. The predicted octanol–water partition coefficient (Wildman–Crippen LogP) is -0.375. The zero-order chi connectivity index (χ0) is 11.2. The van der Waals surface area contributed by atoms with Gasteiger partial charge in [-0.3, -0.25) is 10.9 Å². The first kappa shape index (κ1) is 13.1. The van der Waals surface area contributed by atoms with E-state index >= 15 is 0 Å². The maximum absolute atomic E-state index is 10.7. The normalized spacial score (nSPS) is 11.9. The van der Waals surface area contributed by atoms with Crippen molar-refractivity contribution in [2.45, 2.75) is 0 Å². The molecule has 0 aliphatic heterocycles. The summed E-state index contributed by atoms with van der Waals surface area (Å²) in [5.74, 6) is 0.